The fraction of sp³-hybridized carbons (Fsp3) is 0.273. The van der Waals surface area contributed by atoms with Gasteiger partial charge < -0.3 is 5.11 Å². The molecule has 0 amide bonds. The van der Waals surface area contributed by atoms with Crippen LogP contribution in [0.5, 0.6) is 0 Å². The van der Waals surface area contributed by atoms with Gasteiger partial charge in [0.2, 0.25) is 0 Å². The number of carboxylic acid groups (broad SMARTS) is 1. The van der Waals surface area contributed by atoms with Gasteiger partial charge in [-0.1, -0.05) is 12.1 Å². The third-order valence-corrected chi connectivity index (χ3v) is 1.93. The third kappa shape index (κ3) is 4.35. The van der Waals surface area contributed by atoms with E-state index in [4.69, 9.17) is 5.11 Å². The molecule has 0 fully saturated rings. The lowest BCUT2D eigenvalue weighted by molar-refractivity contribution is -0.140. The molecule has 0 bridgehead atoms. The molecule has 0 radical (unpaired) electrons. The summed E-state index contributed by atoms with van der Waals surface area (Å²) in [5.41, 5.74) is 0.703. The molecule has 0 aromatic heterocycles. The first-order valence-electron chi connectivity index (χ1n) is 4.56. The highest BCUT2D eigenvalue weighted by atomic mass is 19.1. The number of rotatable bonds is 5. The molecule has 0 heterocycles. The molecular weight excluding hydrogens is 199 g/mol. The number of carbonyl (C=O) groups is 2. The average molecular weight is 210 g/mol. The number of aliphatic carboxylic acids is 1. The Bertz CT molecular complexity index is 374. The highest BCUT2D eigenvalue weighted by Crippen LogP contribution is 2.07. The molecule has 3 nitrogen and oxygen atoms in total. The molecule has 0 atom stereocenters. The normalized spacial score (nSPS) is 9.93. The standard InChI is InChI=1S/C11H11FO3/c12-9-3-1-2-8(6-9)4-5-10(13)7-11(14)15/h1-3,6H,4-5,7H2,(H,14,15). The summed E-state index contributed by atoms with van der Waals surface area (Å²) in [4.78, 5) is 21.2. The first-order chi connectivity index (χ1) is 7.08. The van der Waals surface area contributed by atoms with Gasteiger partial charge in [0.05, 0.1) is 0 Å². The number of benzene rings is 1. The second-order valence-electron chi connectivity index (χ2n) is 3.24. The smallest absolute Gasteiger partial charge is 0.310 e. The lowest BCUT2D eigenvalue weighted by Gasteiger charge is -1.99. The van der Waals surface area contributed by atoms with Gasteiger partial charge in [-0.15, -0.1) is 0 Å². The molecule has 0 spiro atoms. The van der Waals surface area contributed by atoms with E-state index in [1.54, 1.807) is 12.1 Å². The monoisotopic (exact) mass is 210 g/mol. The van der Waals surface area contributed by atoms with Crippen LogP contribution in [-0.4, -0.2) is 16.9 Å². The van der Waals surface area contributed by atoms with Crippen molar-refractivity contribution in [3.63, 3.8) is 0 Å². The van der Waals surface area contributed by atoms with Gasteiger partial charge in [-0.3, -0.25) is 9.59 Å². The van der Waals surface area contributed by atoms with E-state index in [-0.39, 0.29) is 18.0 Å². The highest BCUT2D eigenvalue weighted by Gasteiger charge is 2.07. The topological polar surface area (TPSA) is 54.4 Å². The number of Topliss-reactive ketones (excluding diaryl/α,β-unsaturated/α-hetero) is 1. The molecule has 1 N–H and O–H groups in total. The maximum absolute atomic E-state index is 12.7. The molecule has 1 aromatic carbocycles. The zero-order valence-corrected chi connectivity index (χ0v) is 8.07. The van der Waals surface area contributed by atoms with Gasteiger partial charge in [-0.2, -0.15) is 0 Å². The van der Waals surface area contributed by atoms with Crippen LogP contribution in [0.25, 0.3) is 0 Å². The Labute approximate surface area is 86.5 Å². The van der Waals surface area contributed by atoms with Crippen molar-refractivity contribution in [2.24, 2.45) is 0 Å². The number of hydrogen-bond donors (Lipinski definition) is 1. The Balaban J connectivity index is 2.43. The van der Waals surface area contributed by atoms with E-state index < -0.39 is 12.4 Å². The van der Waals surface area contributed by atoms with Crippen LogP contribution in [0.2, 0.25) is 0 Å². The van der Waals surface area contributed by atoms with E-state index in [9.17, 15) is 14.0 Å². The maximum Gasteiger partial charge on any atom is 0.310 e. The van der Waals surface area contributed by atoms with Gasteiger partial charge in [-0.25, -0.2) is 4.39 Å². The molecule has 0 aliphatic carbocycles. The molecule has 4 heteroatoms. The van der Waals surface area contributed by atoms with E-state index in [1.807, 2.05) is 0 Å². The molecule has 80 valence electrons. The van der Waals surface area contributed by atoms with E-state index in [0.717, 1.165) is 0 Å². The third-order valence-electron chi connectivity index (χ3n) is 1.93. The van der Waals surface area contributed by atoms with Crippen molar-refractivity contribution in [3.8, 4) is 0 Å². The number of carbonyl (C=O) groups excluding carboxylic acids is 1. The van der Waals surface area contributed by atoms with E-state index in [1.165, 1.54) is 12.1 Å². The van der Waals surface area contributed by atoms with Gasteiger partial charge in [0, 0.05) is 6.42 Å². The summed E-state index contributed by atoms with van der Waals surface area (Å²) in [5, 5.41) is 8.34. The second kappa shape index (κ2) is 5.24. The van der Waals surface area contributed by atoms with Gasteiger partial charge >= 0.3 is 5.97 Å². The maximum atomic E-state index is 12.7. The molecule has 0 unspecified atom stereocenters. The first kappa shape index (κ1) is 11.4. The Morgan fingerprint density at radius 3 is 2.67 bits per heavy atom. The largest absolute Gasteiger partial charge is 0.481 e. The summed E-state index contributed by atoms with van der Waals surface area (Å²) >= 11 is 0. The second-order valence-corrected chi connectivity index (χ2v) is 3.24. The average Bonchev–Trinajstić information content (AvgIpc) is 2.14. The van der Waals surface area contributed by atoms with Crippen LogP contribution in [0.3, 0.4) is 0 Å². The molecule has 0 saturated heterocycles. The molecule has 0 aliphatic heterocycles. The summed E-state index contributed by atoms with van der Waals surface area (Å²) in [6, 6.07) is 5.93. The molecule has 1 rings (SSSR count). The van der Waals surface area contributed by atoms with Crippen molar-refractivity contribution in [3.05, 3.63) is 35.6 Å². The molecule has 0 aliphatic rings. The van der Waals surface area contributed by atoms with Crippen LogP contribution in [0.1, 0.15) is 18.4 Å². The highest BCUT2D eigenvalue weighted by molar-refractivity contribution is 5.94. The van der Waals surface area contributed by atoms with Gasteiger partial charge in [-0.05, 0) is 24.1 Å². The molecule has 0 saturated carbocycles. The fourth-order valence-corrected chi connectivity index (χ4v) is 1.23. The zero-order valence-electron chi connectivity index (χ0n) is 8.07. The number of aryl methyl sites for hydroxylation is 1. The van der Waals surface area contributed by atoms with Crippen LogP contribution >= 0.6 is 0 Å². The van der Waals surface area contributed by atoms with Crippen LogP contribution in [0.4, 0.5) is 4.39 Å². The summed E-state index contributed by atoms with van der Waals surface area (Å²) in [5.74, 6) is -1.82. The number of hydrogen-bond acceptors (Lipinski definition) is 2. The number of carboxylic acids is 1. The summed E-state index contributed by atoms with van der Waals surface area (Å²) in [6.07, 6.45) is 0.0505. The number of ketones is 1. The van der Waals surface area contributed by atoms with Crippen LogP contribution < -0.4 is 0 Å². The lowest BCUT2D eigenvalue weighted by Crippen LogP contribution is -2.07. The fourth-order valence-electron chi connectivity index (χ4n) is 1.23. The lowest BCUT2D eigenvalue weighted by atomic mass is 10.1. The van der Waals surface area contributed by atoms with Gasteiger partial charge in [0.15, 0.2) is 0 Å². The van der Waals surface area contributed by atoms with E-state index in [2.05, 4.69) is 0 Å². The summed E-state index contributed by atoms with van der Waals surface area (Å²) < 4.78 is 12.7. The van der Waals surface area contributed by atoms with Crippen molar-refractivity contribution in [1.82, 2.24) is 0 Å². The molecule has 15 heavy (non-hydrogen) atoms. The van der Waals surface area contributed by atoms with Gasteiger partial charge in [0.25, 0.3) is 0 Å². The summed E-state index contributed by atoms with van der Waals surface area (Å²) in [6.45, 7) is 0. The Morgan fingerprint density at radius 2 is 2.07 bits per heavy atom. The van der Waals surface area contributed by atoms with E-state index in [0.29, 0.717) is 12.0 Å². The Hall–Kier alpha value is -1.71. The first-order valence-corrected chi connectivity index (χ1v) is 4.56. The minimum Gasteiger partial charge on any atom is -0.481 e. The Kier molecular flexibility index (Phi) is 3.97. The van der Waals surface area contributed by atoms with Crippen LogP contribution in [0.15, 0.2) is 24.3 Å². The quantitative estimate of drug-likeness (QED) is 0.754. The molecule has 1 aromatic rings. The van der Waals surface area contributed by atoms with Crippen LogP contribution in [-0.2, 0) is 16.0 Å². The minimum absolute atomic E-state index is 0.135. The van der Waals surface area contributed by atoms with E-state index >= 15 is 0 Å². The number of halogens is 1. The van der Waals surface area contributed by atoms with Crippen molar-refractivity contribution in [2.75, 3.05) is 0 Å². The predicted molar refractivity (Wildman–Crippen MR) is 52.0 cm³/mol. The van der Waals surface area contributed by atoms with Crippen molar-refractivity contribution >= 4 is 11.8 Å². The summed E-state index contributed by atoms with van der Waals surface area (Å²) in [7, 11) is 0. The minimum atomic E-state index is -1.13. The Morgan fingerprint density at radius 1 is 1.33 bits per heavy atom. The molecular formula is C11H11FO3. The van der Waals surface area contributed by atoms with Gasteiger partial charge in [0.1, 0.15) is 18.0 Å². The van der Waals surface area contributed by atoms with Crippen molar-refractivity contribution in [2.45, 2.75) is 19.3 Å². The van der Waals surface area contributed by atoms with Crippen LogP contribution in [0, 0.1) is 5.82 Å². The SMILES string of the molecule is O=C(O)CC(=O)CCc1cccc(F)c1. The predicted octanol–water partition coefficient (Wildman–Crippen LogP) is 1.80. The van der Waals surface area contributed by atoms with Crippen molar-refractivity contribution in [1.29, 1.82) is 0 Å². The zero-order chi connectivity index (χ0) is 11.3. The van der Waals surface area contributed by atoms with Crippen molar-refractivity contribution < 1.29 is 19.1 Å².